The fourth-order valence-corrected chi connectivity index (χ4v) is 2.30. The van der Waals surface area contributed by atoms with Gasteiger partial charge in [0.1, 0.15) is 0 Å². The van der Waals surface area contributed by atoms with E-state index < -0.39 is 0 Å². The highest BCUT2D eigenvalue weighted by atomic mass is 35.5. The third-order valence-corrected chi connectivity index (χ3v) is 3.49. The van der Waals surface area contributed by atoms with E-state index in [0.29, 0.717) is 5.54 Å². The molecule has 0 aromatic rings. The minimum Gasteiger partial charge on any atom is -0.313 e. The summed E-state index contributed by atoms with van der Waals surface area (Å²) in [5.41, 5.74) is 0.463. The van der Waals surface area contributed by atoms with Crippen molar-refractivity contribution in [2.45, 2.75) is 18.9 Å². The van der Waals surface area contributed by atoms with Crippen molar-refractivity contribution >= 4 is 37.2 Å². The van der Waals surface area contributed by atoms with Gasteiger partial charge < -0.3 is 10.2 Å². The van der Waals surface area contributed by atoms with E-state index in [0.717, 1.165) is 0 Å². The maximum Gasteiger partial charge on any atom is 0.0430 e. The van der Waals surface area contributed by atoms with Crippen LogP contribution in [0.4, 0.5) is 0 Å². The van der Waals surface area contributed by atoms with Crippen LogP contribution in [0.15, 0.2) is 0 Å². The first-order valence-electron chi connectivity index (χ1n) is 5.35. The monoisotopic (exact) mass is 291 g/mol. The van der Waals surface area contributed by atoms with Crippen molar-refractivity contribution in [3.05, 3.63) is 0 Å². The van der Waals surface area contributed by atoms with Crippen LogP contribution in [0.1, 0.15) is 13.3 Å². The lowest BCUT2D eigenvalue weighted by atomic mass is 9.92. The molecule has 100 valence electrons. The first kappa shape index (κ1) is 19.1. The van der Waals surface area contributed by atoms with Crippen LogP contribution in [-0.2, 0) is 0 Å². The largest absolute Gasteiger partial charge is 0.313 e. The Morgan fingerprint density at radius 3 is 2.06 bits per heavy atom. The molecule has 2 rings (SSSR count). The summed E-state index contributed by atoms with van der Waals surface area (Å²) in [5.74, 6) is 0. The minimum absolute atomic E-state index is 0. The fraction of sp³-hybridized carbons (Fsp3) is 1.00. The summed E-state index contributed by atoms with van der Waals surface area (Å²) in [4.78, 5) is 5.10. The maximum atomic E-state index is 3.38. The van der Waals surface area contributed by atoms with Crippen molar-refractivity contribution in [2.75, 3.05) is 46.3 Å². The molecule has 2 aliphatic rings. The molecule has 6 heteroatoms. The van der Waals surface area contributed by atoms with E-state index in [2.05, 4.69) is 29.1 Å². The molecule has 0 spiro atoms. The number of halogens is 3. The van der Waals surface area contributed by atoms with E-state index in [1.807, 2.05) is 0 Å². The molecule has 16 heavy (non-hydrogen) atoms. The zero-order valence-electron chi connectivity index (χ0n) is 10.1. The number of hydrogen-bond acceptors (Lipinski definition) is 3. The first-order valence-corrected chi connectivity index (χ1v) is 5.35. The Kier molecular flexibility index (Phi) is 9.50. The SMILES string of the molecule is CN1CCCN(C2(C)CNC2)CC1.Cl.Cl.Cl. The summed E-state index contributed by atoms with van der Waals surface area (Å²) in [6.45, 7) is 9.76. The lowest BCUT2D eigenvalue weighted by Gasteiger charge is -2.48. The standard InChI is InChI=1S/C10H21N3.3ClH/c1-10(8-11-9-10)13-5-3-4-12(2)6-7-13;;;/h11H,3-9H2,1-2H3;3*1H. The predicted molar refractivity (Wildman–Crippen MR) is 76.7 cm³/mol. The molecule has 2 saturated heterocycles. The molecule has 0 unspecified atom stereocenters. The topological polar surface area (TPSA) is 18.5 Å². The fourth-order valence-electron chi connectivity index (χ4n) is 2.30. The van der Waals surface area contributed by atoms with Crippen LogP contribution < -0.4 is 5.32 Å². The van der Waals surface area contributed by atoms with Gasteiger partial charge in [-0.1, -0.05) is 0 Å². The zero-order valence-corrected chi connectivity index (χ0v) is 12.5. The van der Waals surface area contributed by atoms with Crippen LogP contribution in [0.2, 0.25) is 0 Å². The molecule has 0 radical (unpaired) electrons. The zero-order chi connectivity index (χ0) is 9.31. The van der Waals surface area contributed by atoms with Crippen LogP contribution >= 0.6 is 37.2 Å². The number of rotatable bonds is 1. The van der Waals surface area contributed by atoms with Crippen molar-refractivity contribution in [2.24, 2.45) is 0 Å². The van der Waals surface area contributed by atoms with Gasteiger partial charge in [0.15, 0.2) is 0 Å². The molecule has 3 nitrogen and oxygen atoms in total. The van der Waals surface area contributed by atoms with Crippen LogP contribution in [-0.4, -0.2) is 61.7 Å². The summed E-state index contributed by atoms with van der Waals surface area (Å²) in [7, 11) is 2.23. The summed E-state index contributed by atoms with van der Waals surface area (Å²) in [6.07, 6.45) is 1.33. The molecule has 0 aromatic carbocycles. The Hall–Kier alpha value is 0.750. The number of nitrogens with zero attached hydrogens (tertiary/aromatic N) is 2. The highest BCUT2D eigenvalue weighted by Crippen LogP contribution is 2.21. The van der Waals surface area contributed by atoms with Crippen LogP contribution in [0.25, 0.3) is 0 Å². The summed E-state index contributed by atoms with van der Waals surface area (Å²) in [5, 5.41) is 3.38. The highest BCUT2D eigenvalue weighted by Gasteiger charge is 2.37. The summed E-state index contributed by atoms with van der Waals surface area (Å²) in [6, 6.07) is 0. The Morgan fingerprint density at radius 1 is 0.938 bits per heavy atom. The first-order chi connectivity index (χ1) is 6.21. The third-order valence-electron chi connectivity index (χ3n) is 3.49. The second-order valence-corrected chi connectivity index (χ2v) is 4.74. The second kappa shape index (κ2) is 7.96. The molecule has 0 bridgehead atoms. The van der Waals surface area contributed by atoms with Gasteiger partial charge in [-0.05, 0) is 26.9 Å². The van der Waals surface area contributed by atoms with Crippen LogP contribution in [0.5, 0.6) is 0 Å². The van der Waals surface area contributed by atoms with E-state index in [-0.39, 0.29) is 37.2 Å². The average molecular weight is 293 g/mol. The molecule has 2 aliphatic heterocycles. The van der Waals surface area contributed by atoms with Crippen molar-refractivity contribution in [1.82, 2.24) is 15.1 Å². The van der Waals surface area contributed by atoms with Crippen molar-refractivity contribution in [3.63, 3.8) is 0 Å². The van der Waals surface area contributed by atoms with Crippen molar-refractivity contribution in [1.29, 1.82) is 0 Å². The third kappa shape index (κ3) is 4.21. The molecular weight excluding hydrogens is 268 g/mol. The van der Waals surface area contributed by atoms with Gasteiger partial charge in [0.25, 0.3) is 0 Å². The summed E-state index contributed by atoms with van der Waals surface area (Å²) >= 11 is 0. The molecule has 2 heterocycles. The molecule has 0 amide bonds. The van der Waals surface area contributed by atoms with Gasteiger partial charge in [-0.25, -0.2) is 0 Å². The van der Waals surface area contributed by atoms with Crippen LogP contribution in [0, 0.1) is 0 Å². The van der Waals surface area contributed by atoms with Crippen LogP contribution in [0.3, 0.4) is 0 Å². The van der Waals surface area contributed by atoms with Gasteiger partial charge in [0, 0.05) is 38.3 Å². The highest BCUT2D eigenvalue weighted by molar-refractivity contribution is 5.86. The molecule has 0 atom stereocenters. The lowest BCUT2D eigenvalue weighted by molar-refractivity contribution is 0.0577. The number of nitrogens with one attached hydrogen (secondary N) is 1. The second-order valence-electron chi connectivity index (χ2n) is 4.74. The Labute approximate surface area is 118 Å². The molecule has 2 fully saturated rings. The average Bonchev–Trinajstić information content (AvgIpc) is 2.26. The van der Waals surface area contributed by atoms with Crippen molar-refractivity contribution in [3.8, 4) is 0 Å². The molecular formula is C10H24Cl3N3. The smallest absolute Gasteiger partial charge is 0.0430 e. The molecule has 1 N–H and O–H groups in total. The Bertz CT molecular complexity index is 188. The van der Waals surface area contributed by atoms with Gasteiger partial charge in [-0.2, -0.15) is 0 Å². The number of likely N-dealkylation sites (N-methyl/N-ethyl adjacent to an activating group) is 1. The predicted octanol–water partition coefficient (Wildman–Crippen LogP) is 1.25. The lowest BCUT2D eigenvalue weighted by Crippen LogP contribution is -2.67. The van der Waals surface area contributed by atoms with Gasteiger partial charge in [0.05, 0.1) is 0 Å². The molecule has 0 aliphatic carbocycles. The van der Waals surface area contributed by atoms with Crippen molar-refractivity contribution < 1.29 is 0 Å². The minimum atomic E-state index is 0. The van der Waals surface area contributed by atoms with E-state index >= 15 is 0 Å². The maximum absolute atomic E-state index is 3.38. The van der Waals surface area contributed by atoms with E-state index in [1.165, 1.54) is 45.7 Å². The summed E-state index contributed by atoms with van der Waals surface area (Å²) < 4.78 is 0. The molecule has 0 aromatic heterocycles. The Balaban J connectivity index is 0. The van der Waals surface area contributed by atoms with E-state index in [1.54, 1.807) is 0 Å². The molecule has 0 saturated carbocycles. The van der Waals surface area contributed by atoms with Gasteiger partial charge in [-0.3, -0.25) is 4.90 Å². The number of hydrogen-bond donors (Lipinski definition) is 1. The normalized spacial score (nSPS) is 25.1. The van der Waals surface area contributed by atoms with E-state index in [4.69, 9.17) is 0 Å². The van der Waals surface area contributed by atoms with Gasteiger partial charge in [0.2, 0.25) is 0 Å². The van der Waals surface area contributed by atoms with Gasteiger partial charge >= 0.3 is 0 Å². The quantitative estimate of drug-likeness (QED) is 0.785. The Morgan fingerprint density at radius 2 is 1.56 bits per heavy atom. The van der Waals surface area contributed by atoms with Gasteiger partial charge in [-0.15, -0.1) is 37.2 Å². The van der Waals surface area contributed by atoms with E-state index in [9.17, 15) is 0 Å².